The molecule has 1 aromatic carbocycles. The summed E-state index contributed by atoms with van der Waals surface area (Å²) in [5.41, 5.74) is 11.0. The van der Waals surface area contributed by atoms with Crippen LogP contribution in [0.25, 0.3) is 22.3 Å². The third-order valence-electron chi connectivity index (χ3n) is 3.01. The number of hydrogen-bond acceptors (Lipinski definition) is 6. The van der Waals surface area contributed by atoms with Crippen LogP contribution >= 0.6 is 0 Å². The van der Waals surface area contributed by atoms with Gasteiger partial charge in [0.25, 0.3) is 0 Å². The number of nitrogen functional groups attached to an aromatic ring is 1. The summed E-state index contributed by atoms with van der Waals surface area (Å²) in [7, 11) is 0. The van der Waals surface area contributed by atoms with Gasteiger partial charge < -0.3 is 5.73 Å². The van der Waals surface area contributed by atoms with E-state index in [0.717, 1.165) is 5.56 Å². The molecule has 0 saturated heterocycles. The number of benzene rings is 1. The molecule has 0 aliphatic heterocycles. The average molecular weight is 299 g/mol. The van der Waals surface area contributed by atoms with Crippen LogP contribution in [0.4, 0.5) is 16.2 Å². The van der Waals surface area contributed by atoms with Crippen molar-refractivity contribution >= 4 is 22.8 Å². The zero-order valence-corrected chi connectivity index (χ0v) is 11.9. The highest BCUT2D eigenvalue weighted by molar-refractivity contribution is 5.87. The SMILES string of the molecule is CCONc1nc(N)nc2ccc(-c3ccc(F)cc3)nc12. The molecule has 3 rings (SSSR count). The van der Waals surface area contributed by atoms with Gasteiger partial charge in [-0.25, -0.2) is 19.8 Å². The van der Waals surface area contributed by atoms with Crippen molar-refractivity contribution in [3.05, 3.63) is 42.2 Å². The van der Waals surface area contributed by atoms with E-state index in [0.29, 0.717) is 29.2 Å². The molecule has 3 aromatic rings. The first-order chi connectivity index (χ1) is 10.7. The topological polar surface area (TPSA) is 86.0 Å². The third-order valence-corrected chi connectivity index (χ3v) is 3.01. The van der Waals surface area contributed by atoms with E-state index in [-0.39, 0.29) is 11.8 Å². The Kier molecular flexibility index (Phi) is 3.80. The minimum Gasteiger partial charge on any atom is -0.368 e. The fourth-order valence-corrected chi connectivity index (χ4v) is 2.03. The number of hydrogen-bond donors (Lipinski definition) is 2. The Hall–Kier alpha value is -2.80. The zero-order chi connectivity index (χ0) is 15.5. The summed E-state index contributed by atoms with van der Waals surface area (Å²) >= 11 is 0. The molecule has 6 nitrogen and oxygen atoms in total. The molecule has 0 aliphatic carbocycles. The number of nitrogens with zero attached hydrogens (tertiary/aromatic N) is 3. The van der Waals surface area contributed by atoms with E-state index in [9.17, 15) is 4.39 Å². The van der Waals surface area contributed by atoms with E-state index in [1.807, 2.05) is 6.92 Å². The van der Waals surface area contributed by atoms with Gasteiger partial charge in [-0.2, -0.15) is 4.98 Å². The number of aromatic nitrogens is 3. The third kappa shape index (κ3) is 2.79. The maximum Gasteiger partial charge on any atom is 0.222 e. The molecule has 7 heteroatoms. The van der Waals surface area contributed by atoms with Gasteiger partial charge in [0.05, 0.1) is 17.8 Å². The molecule has 0 unspecified atom stereocenters. The van der Waals surface area contributed by atoms with Gasteiger partial charge in [0.2, 0.25) is 5.95 Å². The molecule has 0 amide bonds. The Morgan fingerprint density at radius 2 is 1.86 bits per heavy atom. The van der Waals surface area contributed by atoms with Crippen LogP contribution in [0.1, 0.15) is 6.92 Å². The number of nitrogens with two attached hydrogens (primary N) is 1. The van der Waals surface area contributed by atoms with Crippen LogP contribution in [-0.2, 0) is 4.84 Å². The molecule has 0 bridgehead atoms. The molecule has 2 heterocycles. The Bertz CT molecular complexity index is 807. The fourth-order valence-electron chi connectivity index (χ4n) is 2.03. The number of pyridine rings is 1. The second kappa shape index (κ2) is 5.90. The number of nitrogens with one attached hydrogen (secondary N) is 1. The summed E-state index contributed by atoms with van der Waals surface area (Å²) < 4.78 is 13.0. The predicted molar refractivity (Wildman–Crippen MR) is 82.4 cm³/mol. The molecule has 2 aromatic heterocycles. The maximum atomic E-state index is 13.0. The van der Waals surface area contributed by atoms with Crippen LogP contribution in [-0.4, -0.2) is 21.6 Å². The highest BCUT2D eigenvalue weighted by atomic mass is 19.1. The number of anilines is 2. The van der Waals surface area contributed by atoms with Crippen LogP contribution in [0.5, 0.6) is 0 Å². The summed E-state index contributed by atoms with van der Waals surface area (Å²) in [6, 6.07) is 9.69. The first-order valence-electron chi connectivity index (χ1n) is 6.75. The molecule has 0 saturated carbocycles. The Balaban J connectivity index is 2.11. The summed E-state index contributed by atoms with van der Waals surface area (Å²) in [6.07, 6.45) is 0. The van der Waals surface area contributed by atoms with Crippen molar-refractivity contribution in [2.24, 2.45) is 0 Å². The first-order valence-corrected chi connectivity index (χ1v) is 6.75. The average Bonchev–Trinajstić information content (AvgIpc) is 2.53. The highest BCUT2D eigenvalue weighted by Gasteiger charge is 2.10. The normalized spacial score (nSPS) is 10.8. The molecule has 0 atom stereocenters. The molecule has 3 N–H and O–H groups in total. The summed E-state index contributed by atoms with van der Waals surface area (Å²) in [5.74, 6) is 0.235. The summed E-state index contributed by atoms with van der Waals surface area (Å²) in [6.45, 7) is 2.31. The van der Waals surface area contributed by atoms with Gasteiger partial charge >= 0.3 is 0 Å². The second-order valence-electron chi connectivity index (χ2n) is 4.54. The lowest BCUT2D eigenvalue weighted by Gasteiger charge is -2.09. The van der Waals surface area contributed by atoms with Crippen molar-refractivity contribution in [1.82, 2.24) is 15.0 Å². The number of halogens is 1. The molecule has 0 fully saturated rings. The lowest BCUT2D eigenvalue weighted by molar-refractivity contribution is 0.209. The minimum absolute atomic E-state index is 0.131. The van der Waals surface area contributed by atoms with Crippen molar-refractivity contribution in [1.29, 1.82) is 0 Å². The smallest absolute Gasteiger partial charge is 0.222 e. The largest absolute Gasteiger partial charge is 0.368 e. The van der Waals surface area contributed by atoms with E-state index < -0.39 is 0 Å². The molecule has 0 aliphatic rings. The standard InChI is InChI=1S/C15H14FN5O/c1-2-22-21-14-13-12(19-15(17)20-14)8-7-11(18-13)9-3-5-10(16)6-4-9/h3-8H,2H2,1H3,(H3,17,19,20,21). The molecular weight excluding hydrogens is 285 g/mol. The van der Waals surface area contributed by atoms with Crippen LogP contribution in [0, 0.1) is 5.82 Å². The van der Waals surface area contributed by atoms with Crippen molar-refractivity contribution in [2.45, 2.75) is 6.92 Å². The minimum atomic E-state index is -0.292. The second-order valence-corrected chi connectivity index (χ2v) is 4.54. The first kappa shape index (κ1) is 14.2. The lowest BCUT2D eigenvalue weighted by Crippen LogP contribution is -2.07. The van der Waals surface area contributed by atoms with Gasteiger partial charge in [0, 0.05) is 5.56 Å². The van der Waals surface area contributed by atoms with Crippen LogP contribution < -0.4 is 11.2 Å². The fraction of sp³-hybridized carbons (Fsp3) is 0.133. The lowest BCUT2D eigenvalue weighted by atomic mass is 10.1. The van der Waals surface area contributed by atoms with E-state index in [4.69, 9.17) is 10.6 Å². The predicted octanol–water partition coefficient (Wildman–Crippen LogP) is 2.78. The van der Waals surface area contributed by atoms with Crippen molar-refractivity contribution in [3.8, 4) is 11.3 Å². The van der Waals surface area contributed by atoms with Crippen LogP contribution in [0.3, 0.4) is 0 Å². The summed E-state index contributed by atoms with van der Waals surface area (Å²) in [4.78, 5) is 17.9. The van der Waals surface area contributed by atoms with E-state index in [1.54, 1.807) is 24.3 Å². The molecule has 0 radical (unpaired) electrons. The zero-order valence-electron chi connectivity index (χ0n) is 11.9. The van der Waals surface area contributed by atoms with E-state index in [1.165, 1.54) is 12.1 Å². The number of rotatable bonds is 4. The van der Waals surface area contributed by atoms with Gasteiger partial charge in [-0.05, 0) is 43.3 Å². The molecule has 112 valence electrons. The summed E-state index contributed by atoms with van der Waals surface area (Å²) in [5, 5.41) is 0. The Labute approximate surface area is 126 Å². The quantitative estimate of drug-likeness (QED) is 0.720. The maximum absolute atomic E-state index is 13.0. The van der Waals surface area contributed by atoms with E-state index in [2.05, 4.69) is 20.4 Å². The van der Waals surface area contributed by atoms with Crippen LogP contribution in [0.2, 0.25) is 0 Å². The van der Waals surface area contributed by atoms with Gasteiger partial charge in [0.15, 0.2) is 5.82 Å². The van der Waals surface area contributed by atoms with E-state index >= 15 is 0 Å². The Morgan fingerprint density at radius 1 is 1.09 bits per heavy atom. The van der Waals surface area contributed by atoms with Crippen molar-refractivity contribution in [3.63, 3.8) is 0 Å². The molecule has 0 spiro atoms. The van der Waals surface area contributed by atoms with Gasteiger partial charge in [-0.15, -0.1) is 0 Å². The van der Waals surface area contributed by atoms with Gasteiger partial charge in [-0.3, -0.25) is 4.84 Å². The monoisotopic (exact) mass is 299 g/mol. The molecule has 22 heavy (non-hydrogen) atoms. The van der Waals surface area contributed by atoms with Crippen molar-refractivity contribution in [2.75, 3.05) is 17.8 Å². The van der Waals surface area contributed by atoms with Gasteiger partial charge in [-0.1, -0.05) is 0 Å². The van der Waals surface area contributed by atoms with Crippen LogP contribution in [0.15, 0.2) is 36.4 Å². The van der Waals surface area contributed by atoms with Gasteiger partial charge in [0.1, 0.15) is 11.3 Å². The van der Waals surface area contributed by atoms with Crippen molar-refractivity contribution < 1.29 is 9.23 Å². The highest BCUT2D eigenvalue weighted by Crippen LogP contribution is 2.24. The molecular formula is C15H14FN5O. The Morgan fingerprint density at radius 3 is 2.59 bits per heavy atom. The number of fused-ring (bicyclic) bond motifs is 1.